The third-order valence-electron chi connectivity index (χ3n) is 4.83. The molecule has 1 amide bonds. The Kier molecular flexibility index (Phi) is 7.33. The van der Waals surface area contributed by atoms with Gasteiger partial charge in [-0.2, -0.15) is 0 Å². The van der Waals surface area contributed by atoms with Crippen LogP contribution in [0.25, 0.3) is 11.4 Å². The monoisotopic (exact) mass is 436 g/mol. The highest BCUT2D eigenvalue weighted by Gasteiger charge is 2.13. The van der Waals surface area contributed by atoms with Crippen molar-refractivity contribution in [1.82, 2.24) is 15.0 Å². The van der Waals surface area contributed by atoms with Gasteiger partial charge in [0.25, 0.3) is 5.56 Å². The number of aromatic nitrogens is 3. The minimum Gasteiger partial charge on any atom is -0.482 e. The first kappa shape index (κ1) is 22.7. The molecule has 9 heteroatoms. The summed E-state index contributed by atoms with van der Waals surface area (Å²) in [4.78, 5) is 47.4. The molecule has 0 bridgehead atoms. The second kappa shape index (κ2) is 10.3. The van der Waals surface area contributed by atoms with E-state index in [2.05, 4.69) is 25.0 Å². The fourth-order valence-electron chi connectivity index (χ4n) is 3.07. The predicted octanol–water partition coefficient (Wildman–Crippen LogP) is 2.57. The number of hydrogen-bond acceptors (Lipinski definition) is 7. The molecule has 0 aliphatic rings. The van der Waals surface area contributed by atoms with Crippen molar-refractivity contribution in [3.63, 3.8) is 0 Å². The number of aryl methyl sites for hydroxylation is 2. The largest absolute Gasteiger partial charge is 0.482 e. The molecule has 2 N–H and O–H groups in total. The second-order valence-corrected chi connectivity index (χ2v) is 7.10. The van der Waals surface area contributed by atoms with E-state index in [-0.39, 0.29) is 30.9 Å². The van der Waals surface area contributed by atoms with Gasteiger partial charge in [0.15, 0.2) is 6.61 Å². The number of rotatable bonds is 8. The minimum absolute atomic E-state index is 0.125. The Morgan fingerprint density at radius 1 is 1.12 bits per heavy atom. The third-order valence-corrected chi connectivity index (χ3v) is 4.83. The maximum Gasteiger partial charge on any atom is 0.343 e. The van der Waals surface area contributed by atoms with Crippen LogP contribution in [0.3, 0.4) is 0 Å². The van der Waals surface area contributed by atoms with Crippen LogP contribution in [0, 0.1) is 13.8 Å². The second-order valence-electron chi connectivity index (χ2n) is 7.10. The lowest BCUT2D eigenvalue weighted by atomic mass is 10.1. The quantitative estimate of drug-likeness (QED) is 0.520. The number of methoxy groups -OCH3 is 1. The van der Waals surface area contributed by atoms with Crippen LogP contribution in [-0.2, 0) is 20.7 Å². The topological polar surface area (TPSA) is 123 Å². The number of nitrogens with one attached hydrogen (secondary N) is 2. The van der Waals surface area contributed by atoms with Crippen molar-refractivity contribution in [1.29, 1.82) is 0 Å². The number of anilines is 1. The summed E-state index contributed by atoms with van der Waals surface area (Å²) in [5, 5.41) is 2.83. The van der Waals surface area contributed by atoms with Crippen LogP contribution >= 0.6 is 0 Å². The highest BCUT2D eigenvalue weighted by Crippen LogP contribution is 2.22. The summed E-state index contributed by atoms with van der Waals surface area (Å²) in [6.45, 7) is 3.38. The van der Waals surface area contributed by atoms with Crippen molar-refractivity contribution in [2.75, 3.05) is 19.0 Å². The SMILES string of the molecule is COC(=O)COc1ccc(NC(=O)CCc2c(C)nc(-c3ccncc3)[nH]c2=O)c(C)c1. The van der Waals surface area contributed by atoms with Gasteiger partial charge in [0.1, 0.15) is 11.6 Å². The molecule has 0 aliphatic heterocycles. The predicted molar refractivity (Wildman–Crippen MR) is 118 cm³/mol. The first-order chi connectivity index (χ1) is 15.4. The smallest absolute Gasteiger partial charge is 0.343 e. The molecule has 2 aromatic heterocycles. The van der Waals surface area contributed by atoms with Crippen molar-refractivity contribution in [2.24, 2.45) is 0 Å². The number of benzene rings is 1. The maximum atomic E-state index is 12.5. The zero-order chi connectivity index (χ0) is 23.1. The highest BCUT2D eigenvalue weighted by atomic mass is 16.6. The summed E-state index contributed by atoms with van der Waals surface area (Å²) in [7, 11) is 1.29. The van der Waals surface area contributed by atoms with E-state index < -0.39 is 5.97 Å². The van der Waals surface area contributed by atoms with Gasteiger partial charge < -0.3 is 19.8 Å². The van der Waals surface area contributed by atoms with Gasteiger partial charge in [-0.05, 0) is 56.2 Å². The fraction of sp³-hybridized carbons (Fsp3) is 0.261. The molecular formula is C23H24N4O5. The number of H-pyrrole nitrogens is 1. The van der Waals surface area contributed by atoms with Crippen molar-refractivity contribution in [2.45, 2.75) is 26.7 Å². The van der Waals surface area contributed by atoms with Gasteiger partial charge in [0.2, 0.25) is 5.91 Å². The van der Waals surface area contributed by atoms with Gasteiger partial charge in [-0.3, -0.25) is 14.6 Å². The average molecular weight is 436 g/mol. The molecule has 0 radical (unpaired) electrons. The molecule has 0 unspecified atom stereocenters. The lowest BCUT2D eigenvalue weighted by Crippen LogP contribution is -2.20. The van der Waals surface area contributed by atoms with Crippen LogP contribution in [0.2, 0.25) is 0 Å². The number of pyridine rings is 1. The zero-order valence-corrected chi connectivity index (χ0v) is 18.1. The molecule has 0 saturated carbocycles. The molecule has 3 rings (SSSR count). The van der Waals surface area contributed by atoms with Crippen LogP contribution in [0.5, 0.6) is 5.75 Å². The van der Waals surface area contributed by atoms with Gasteiger partial charge in [-0.1, -0.05) is 0 Å². The number of aromatic amines is 1. The molecule has 9 nitrogen and oxygen atoms in total. The first-order valence-electron chi connectivity index (χ1n) is 9.97. The molecular weight excluding hydrogens is 412 g/mol. The van der Waals surface area contributed by atoms with Crippen LogP contribution in [-0.4, -0.2) is 40.5 Å². The molecule has 32 heavy (non-hydrogen) atoms. The molecule has 2 heterocycles. The average Bonchev–Trinajstić information content (AvgIpc) is 2.79. The Morgan fingerprint density at radius 3 is 2.53 bits per heavy atom. The Morgan fingerprint density at radius 2 is 1.88 bits per heavy atom. The molecule has 0 saturated heterocycles. The molecule has 1 aromatic carbocycles. The van der Waals surface area contributed by atoms with E-state index in [1.54, 1.807) is 49.6 Å². The number of esters is 1. The maximum absolute atomic E-state index is 12.5. The van der Waals surface area contributed by atoms with E-state index in [1.807, 2.05) is 6.92 Å². The van der Waals surface area contributed by atoms with Gasteiger partial charge in [-0.15, -0.1) is 0 Å². The van der Waals surface area contributed by atoms with Gasteiger partial charge in [0, 0.05) is 41.3 Å². The van der Waals surface area contributed by atoms with E-state index in [4.69, 9.17) is 4.74 Å². The van der Waals surface area contributed by atoms with Gasteiger partial charge in [-0.25, -0.2) is 9.78 Å². The van der Waals surface area contributed by atoms with Gasteiger partial charge in [0.05, 0.1) is 7.11 Å². The highest BCUT2D eigenvalue weighted by molar-refractivity contribution is 5.91. The minimum atomic E-state index is -0.478. The van der Waals surface area contributed by atoms with Crippen molar-refractivity contribution in [3.8, 4) is 17.1 Å². The van der Waals surface area contributed by atoms with Crippen molar-refractivity contribution < 1.29 is 19.1 Å². The lowest BCUT2D eigenvalue weighted by Gasteiger charge is -2.11. The summed E-state index contributed by atoms with van der Waals surface area (Å²) in [5.41, 5.74) is 2.95. The molecule has 0 aliphatic carbocycles. The van der Waals surface area contributed by atoms with Crippen LogP contribution < -0.4 is 15.6 Å². The first-order valence-corrected chi connectivity index (χ1v) is 9.97. The van der Waals surface area contributed by atoms with E-state index in [0.29, 0.717) is 28.5 Å². The normalized spacial score (nSPS) is 10.5. The molecule has 166 valence electrons. The number of hydrogen-bond donors (Lipinski definition) is 2. The van der Waals surface area contributed by atoms with Crippen LogP contribution in [0.15, 0.2) is 47.5 Å². The summed E-state index contributed by atoms with van der Waals surface area (Å²) >= 11 is 0. The molecule has 0 fully saturated rings. The fourth-order valence-corrected chi connectivity index (χ4v) is 3.07. The number of carbonyl (C=O) groups is 2. The molecule has 0 atom stereocenters. The van der Waals surface area contributed by atoms with E-state index in [9.17, 15) is 14.4 Å². The van der Waals surface area contributed by atoms with E-state index in [1.165, 1.54) is 7.11 Å². The summed E-state index contributed by atoms with van der Waals surface area (Å²) in [6.07, 6.45) is 3.64. The summed E-state index contributed by atoms with van der Waals surface area (Å²) < 4.78 is 9.87. The van der Waals surface area contributed by atoms with Crippen LogP contribution in [0.1, 0.15) is 23.2 Å². The molecule has 0 spiro atoms. The Balaban J connectivity index is 1.61. The third kappa shape index (κ3) is 5.78. The van der Waals surface area contributed by atoms with Gasteiger partial charge >= 0.3 is 5.97 Å². The van der Waals surface area contributed by atoms with Crippen molar-refractivity contribution >= 4 is 17.6 Å². The van der Waals surface area contributed by atoms with E-state index >= 15 is 0 Å². The lowest BCUT2D eigenvalue weighted by molar-refractivity contribution is -0.142. The summed E-state index contributed by atoms with van der Waals surface area (Å²) in [5.74, 6) is 0.253. The van der Waals surface area contributed by atoms with Crippen LogP contribution in [0.4, 0.5) is 5.69 Å². The number of ether oxygens (including phenoxy) is 2. The standard InChI is InChI=1S/C23H24N4O5/c1-14-12-17(32-13-21(29)31-3)4-6-19(14)26-20(28)7-5-18-15(2)25-22(27-23(18)30)16-8-10-24-11-9-16/h4,6,8-12H,5,7,13H2,1-3H3,(H,26,28)(H,25,27,30). The number of amides is 1. The Labute approximate surface area is 184 Å². The Hall–Kier alpha value is -4.01. The molecule has 3 aromatic rings. The van der Waals surface area contributed by atoms with E-state index in [0.717, 1.165) is 11.1 Å². The zero-order valence-electron chi connectivity index (χ0n) is 18.1. The number of nitrogens with zero attached hydrogens (tertiary/aromatic N) is 2. The van der Waals surface area contributed by atoms with Crippen molar-refractivity contribution in [3.05, 3.63) is 69.9 Å². The number of carbonyl (C=O) groups excluding carboxylic acids is 2. The summed E-state index contributed by atoms with van der Waals surface area (Å²) in [6, 6.07) is 8.60. The Bertz CT molecular complexity index is 1170.